The number of rotatable bonds is 7. The molecule has 7 nitrogen and oxygen atoms in total. The van der Waals surface area contributed by atoms with E-state index in [1.165, 1.54) is 24.2 Å². The molecule has 2 aromatic carbocycles. The summed E-state index contributed by atoms with van der Waals surface area (Å²) < 4.78 is 1.90. The molecule has 0 spiro atoms. The van der Waals surface area contributed by atoms with E-state index in [1.54, 1.807) is 30.6 Å². The van der Waals surface area contributed by atoms with Crippen LogP contribution in [0.4, 0.5) is 11.4 Å². The van der Waals surface area contributed by atoms with Crippen LogP contribution in [0.25, 0.3) is 5.69 Å². The smallest absolute Gasteiger partial charge is 0.234 e. The van der Waals surface area contributed by atoms with Crippen molar-refractivity contribution in [1.29, 1.82) is 0 Å². The number of aryl methyl sites for hydroxylation is 1. The second-order valence-electron chi connectivity index (χ2n) is 6.06. The standard InChI is InChI=1S/C20H21N5O2S/c1-3-15-6-4-5-7-18(15)25-13-21-24-20(25)28-12-19(27)23-17-10-8-16(9-11-17)22-14(2)26/h4-11,13H,3,12H2,1-2H3,(H,22,26)(H,23,27). The molecule has 0 atom stereocenters. The second kappa shape index (κ2) is 9.18. The van der Waals surface area contributed by atoms with Gasteiger partial charge in [-0.3, -0.25) is 14.2 Å². The third-order valence-corrected chi connectivity index (χ3v) is 4.91. The number of aromatic nitrogens is 3. The first-order valence-corrected chi connectivity index (χ1v) is 9.84. The minimum absolute atomic E-state index is 0.137. The summed E-state index contributed by atoms with van der Waals surface area (Å²) >= 11 is 1.33. The van der Waals surface area contributed by atoms with Crippen LogP contribution in [-0.4, -0.2) is 32.3 Å². The number of thioether (sulfide) groups is 1. The SMILES string of the molecule is CCc1ccccc1-n1cnnc1SCC(=O)Nc1ccc(NC(C)=O)cc1. The highest BCUT2D eigenvalue weighted by Crippen LogP contribution is 2.23. The highest BCUT2D eigenvalue weighted by Gasteiger charge is 2.12. The molecule has 8 heteroatoms. The minimum Gasteiger partial charge on any atom is -0.326 e. The van der Waals surface area contributed by atoms with Crippen molar-refractivity contribution < 1.29 is 9.59 Å². The van der Waals surface area contributed by atoms with Gasteiger partial charge in [-0.05, 0) is 42.3 Å². The van der Waals surface area contributed by atoms with Gasteiger partial charge in [-0.25, -0.2) is 0 Å². The van der Waals surface area contributed by atoms with E-state index in [9.17, 15) is 9.59 Å². The summed E-state index contributed by atoms with van der Waals surface area (Å²) in [5, 5.41) is 14.3. The lowest BCUT2D eigenvalue weighted by molar-refractivity contribution is -0.114. The van der Waals surface area contributed by atoms with Crippen molar-refractivity contribution in [3.05, 3.63) is 60.4 Å². The predicted molar refractivity (Wildman–Crippen MR) is 111 cm³/mol. The molecule has 3 aromatic rings. The van der Waals surface area contributed by atoms with Crippen molar-refractivity contribution in [2.45, 2.75) is 25.4 Å². The van der Waals surface area contributed by atoms with Gasteiger partial charge in [0.2, 0.25) is 11.8 Å². The number of benzene rings is 2. The third kappa shape index (κ3) is 4.98. The molecule has 0 aliphatic carbocycles. The van der Waals surface area contributed by atoms with Crippen LogP contribution < -0.4 is 10.6 Å². The Hall–Kier alpha value is -3.13. The van der Waals surface area contributed by atoms with Gasteiger partial charge in [0.1, 0.15) is 6.33 Å². The molecule has 0 saturated heterocycles. The third-order valence-electron chi connectivity index (χ3n) is 3.97. The van der Waals surface area contributed by atoms with Crippen LogP contribution in [-0.2, 0) is 16.0 Å². The van der Waals surface area contributed by atoms with Gasteiger partial charge in [0, 0.05) is 18.3 Å². The predicted octanol–water partition coefficient (Wildman–Crippen LogP) is 3.52. The summed E-state index contributed by atoms with van der Waals surface area (Å²) in [6.45, 7) is 3.55. The topological polar surface area (TPSA) is 88.9 Å². The molecule has 144 valence electrons. The second-order valence-corrected chi connectivity index (χ2v) is 7.00. The maximum absolute atomic E-state index is 12.3. The van der Waals surface area contributed by atoms with Gasteiger partial charge < -0.3 is 10.6 Å². The fourth-order valence-electron chi connectivity index (χ4n) is 2.70. The maximum Gasteiger partial charge on any atom is 0.234 e. The highest BCUT2D eigenvalue weighted by atomic mass is 32.2. The fraction of sp³-hybridized carbons (Fsp3) is 0.200. The normalized spacial score (nSPS) is 10.5. The molecule has 2 amide bonds. The van der Waals surface area contributed by atoms with E-state index >= 15 is 0 Å². The van der Waals surface area contributed by atoms with E-state index < -0.39 is 0 Å². The van der Waals surface area contributed by atoms with E-state index in [0.717, 1.165) is 12.1 Å². The molecule has 0 radical (unpaired) electrons. The molecular weight excluding hydrogens is 374 g/mol. The van der Waals surface area contributed by atoms with E-state index in [0.29, 0.717) is 16.5 Å². The number of nitrogens with zero attached hydrogens (tertiary/aromatic N) is 3. The average Bonchev–Trinajstić information content (AvgIpc) is 3.16. The summed E-state index contributed by atoms with van der Waals surface area (Å²) in [4.78, 5) is 23.3. The van der Waals surface area contributed by atoms with Gasteiger partial charge in [0.05, 0.1) is 11.4 Å². The number of anilines is 2. The van der Waals surface area contributed by atoms with Crippen LogP contribution in [0.1, 0.15) is 19.4 Å². The highest BCUT2D eigenvalue weighted by molar-refractivity contribution is 7.99. The van der Waals surface area contributed by atoms with Crippen LogP contribution in [0.15, 0.2) is 60.0 Å². The number of carbonyl (C=O) groups excluding carboxylic acids is 2. The van der Waals surface area contributed by atoms with Crippen LogP contribution in [0, 0.1) is 0 Å². The summed E-state index contributed by atoms with van der Waals surface area (Å²) in [5.74, 6) is -0.0713. The zero-order valence-electron chi connectivity index (χ0n) is 15.7. The molecule has 0 fully saturated rings. The van der Waals surface area contributed by atoms with Gasteiger partial charge >= 0.3 is 0 Å². The lowest BCUT2D eigenvalue weighted by Crippen LogP contribution is -2.14. The van der Waals surface area contributed by atoms with Crippen LogP contribution in [0.2, 0.25) is 0 Å². The number of para-hydroxylation sites is 1. The monoisotopic (exact) mass is 395 g/mol. The molecule has 0 aliphatic heterocycles. The molecule has 1 heterocycles. The minimum atomic E-state index is -0.143. The Bertz CT molecular complexity index is 969. The summed E-state index contributed by atoms with van der Waals surface area (Å²) in [5.41, 5.74) is 3.55. The Balaban J connectivity index is 1.61. The van der Waals surface area contributed by atoms with Crippen molar-refractivity contribution >= 4 is 35.0 Å². The molecule has 0 saturated carbocycles. The van der Waals surface area contributed by atoms with Crippen LogP contribution >= 0.6 is 11.8 Å². The lowest BCUT2D eigenvalue weighted by Gasteiger charge is -2.11. The summed E-state index contributed by atoms with van der Waals surface area (Å²) in [6.07, 6.45) is 2.56. The van der Waals surface area contributed by atoms with Crippen LogP contribution in [0.3, 0.4) is 0 Å². The van der Waals surface area contributed by atoms with Gasteiger partial charge in [0.25, 0.3) is 0 Å². The quantitative estimate of drug-likeness (QED) is 0.598. The Labute approximate surface area is 167 Å². The zero-order valence-corrected chi connectivity index (χ0v) is 16.5. The van der Waals surface area contributed by atoms with Gasteiger partial charge in [0.15, 0.2) is 5.16 Å². The Morgan fingerprint density at radius 1 is 1.04 bits per heavy atom. The van der Waals surface area contributed by atoms with Gasteiger partial charge in [-0.1, -0.05) is 36.9 Å². The molecule has 2 N–H and O–H groups in total. The molecule has 0 aliphatic rings. The Morgan fingerprint density at radius 2 is 1.71 bits per heavy atom. The molecule has 3 rings (SSSR count). The van der Waals surface area contributed by atoms with Crippen molar-refractivity contribution in [2.75, 3.05) is 16.4 Å². The maximum atomic E-state index is 12.3. The molecule has 0 bridgehead atoms. The Morgan fingerprint density at radius 3 is 2.39 bits per heavy atom. The number of carbonyl (C=O) groups is 2. The van der Waals surface area contributed by atoms with Crippen molar-refractivity contribution in [3.8, 4) is 5.69 Å². The molecule has 28 heavy (non-hydrogen) atoms. The van der Waals surface area contributed by atoms with Crippen molar-refractivity contribution in [3.63, 3.8) is 0 Å². The average molecular weight is 395 g/mol. The number of hydrogen-bond donors (Lipinski definition) is 2. The van der Waals surface area contributed by atoms with Gasteiger partial charge in [-0.15, -0.1) is 10.2 Å². The zero-order chi connectivity index (χ0) is 19.9. The van der Waals surface area contributed by atoms with Gasteiger partial charge in [-0.2, -0.15) is 0 Å². The fourth-order valence-corrected chi connectivity index (χ4v) is 3.42. The summed E-state index contributed by atoms with van der Waals surface area (Å²) in [7, 11) is 0. The number of hydrogen-bond acceptors (Lipinski definition) is 5. The summed E-state index contributed by atoms with van der Waals surface area (Å²) in [6, 6.07) is 15.0. The molecule has 0 unspecified atom stereocenters. The van der Waals surface area contributed by atoms with Crippen LogP contribution in [0.5, 0.6) is 0 Å². The first-order chi connectivity index (χ1) is 13.6. The largest absolute Gasteiger partial charge is 0.326 e. The first-order valence-electron chi connectivity index (χ1n) is 8.85. The van der Waals surface area contributed by atoms with Crippen molar-refractivity contribution in [1.82, 2.24) is 14.8 Å². The number of nitrogens with one attached hydrogen (secondary N) is 2. The van der Waals surface area contributed by atoms with E-state index in [1.807, 2.05) is 22.8 Å². The van der Waals surface area contributed by atoms with E-state index in [2.05, 4.69) is 33.8 Å². The molecular formula is C20H21N5O2S. The van der Waals surface area contributed by atoms with Crippen molar-refractivity contribution in [2.24, 2.45) is 0 Å². The van der Waals surface area contributed by atoms with E-state index in [-0.39, 0.29) is 17.6 Å². The lowest BCUT2D eigenvalue weighted by atomic mass is 10.1. The Kier molecular flexibility index (Phi) is 6.44. The van der Waals surface area contributed by atoms with E-state index in [4.69, 9.17) is 0 Å². The number of amides is 2. The molecule has 1 aromatic heterocycles. The first kappa shape index (κ1) is 19.6.